The number of sulfonamides is 1. The Hall–Kier alpha value is -1.35. The number of hydrogen-bond donors (Lipinski definition) is 1. The van der Waals surface area contributed by atoms with Gasteiger partial charge >= 0.3 is 0 Å². The Kier molecular flexibility index (Phi) is 7.91. The number of halogens is 1. The SMILES string of the molecule is COc1ccc(S(=O)(=O)N2CCCN(C(=O)C3CCNCC3)CC2)cc1.Cl. The molecule has 1 N–H and O–H groups in total. The molecule has 0 atom stereocenters. The Morgan fingerprint density at radius 3 is 2.37 bits per heavy atom. The summed E-state index contributed by atoms with van der Waals surface area (Å²) in [6, 6.07) is 6.43. The van der Waals surface area contributed by atoms with E-state index in [1.54, 1.807) is 31.4 Å². The van der Waals surface area contributed by atoms with Crippen LogP contribution in [0, 0.1) is 5.92 Å². The van der Waals surface area contributed by atoms with E-state index >= 15 is 0 Å². The number of carbonyl (C=O) groups excluding carboxylic acids is 1. The van der Waals surface area contributed by atoms with Gasteiger partial charge in [0.2, 0.25) is 15.9 Å². The van der Waals surface area contributed by atoms with Crippen molar-refractivity contribution in [1.29, 1.82) is 0 Å². The highest BCUT2D eigenvalue weighted by atomic mass is 35.5. The first-order chi connectivity index (χ1) is 12.5. The highest BCUT2D eigenvalue weighted by Gasteiger charge is 2.31. The van der Waals surface area contributed by atoms with Crippen molar-refractivity contribution in [2.24, 2.45) is 5.92 Å². The van der Waals surface area contributed by atoms with Gasteiger partial charge in [-0.25, -0.2) is 8.42 Å². The summed E-state index contributed by atoms with van der Waals surface area (Å²) < 4.78 is 32.4. The smallest absolute Gasteiger partial charge is 0.243 e. The second-order valence-corrected chi connectivity index (χ2v) is 8.72. The molecule has 7 nitrogen and oxygen atoms in total. The Balaban J connectivity index is 0.00000261. The molecule has 27 heavy (non-hydrogen) atoms. The van der Waals surface area contributed by atoms with E-state index in [-0.39, 0.29) is 29.1 Å². The molecule has 0 unspecified atom stereocenters. The van der Waals surface area contributed by atoms with Crippen LogP contribution in [0.3, 0.4) is 0 Å². The molecular weight excluding hydrogens is 390 g/mol. The standard InChI is InChI=1S/C18H27N3O4S.ClH/c1-25-16-3-5-17(6-4-16)26(23,24)21-12-2-11-20(13-14-21)18(22)15-7-9-19-10-8-15;/h3-6,15,19H,2,7-14H2,1H3;1H. The zero-order chi connectivity index (χ0) is 18.6. The first-order valence-corrected chi connectivity index (χ1v) is 10.6. The summed E-state index contributed by atoms with van der Waals surface area (Å²) in [4.78, 5) is 14.8. The van der Waals surface area contributed by atoms with Gasteiger partial charge in [-0.3, -0.25) is 4.79 Å². The van der Waals surface area contributed by atoms with E-state index in [1.165, 1.54) is 4.31 Å². The van der Waals surface area contributed by atoms with Gasteiger partial charge in [0.1, 0.15) is 5.75 Å². The maximum atomic E-state index is 12.9. The fraction of sp³-hybridized carbons (Fsp3) is 0.611. The number of rotatable bonds is 4. The number of ether oxygens (including phenoxy) is 1. The molecule has 2 aliphatic rings. The normalized spacial score (nSPS) is 19.8. The van der Waals surface area contributed by atoms with E-state index in [1.807, 2.05) is 4.90 Å². The van der Waals surface area contributed by atoms with E-state index in [9.17, 15) is 13.2 Å². The molecule has 1 aromatic rings. The maximum absolute atomic E-state index is 12.9. The summed E-state index contributed by atoms with van der Waals surface area (Å²) >= 11 is 0. The van der Waals surface area contributed by atoms with Crippen molar-refractivity contribution in [3.8, 4) is 5.75 Å². The lowest BCUT2D eigenvalue weighted by atomic mass is 9.96. The van der Waals surface area contributed by atoms with Gasteiger partial charge in [-0.2, -0.15) is 4.31 Å². The second kappa shape index (κ2) is 9.73. The number of amides is 1. The highest BCUT2D eigenvalue weighted by molar-refractivity contribution is 7.89. The third kappa shape index (κ3) is 5.13. The summed E-state index contributed by atoms with van der Waals surface area (Å²) in [5.74, 6) is 0.870. The zero-order valence-electron chi connectivity index (χ0n) is 15.6. The lowest BCUT2D eigenvalue weighted by Gasteiger charge is -2.28. The summed E-state index contributed by atoms with van der Waals surface area (Å²) in [7, 11) is -2.01. The fourth-order valence-electron chi connectivity index (χ4n) is 3.58. The number of nitrogens with zero attached hydrogens (tertiary/aromatic N) is 2. The number of benzene rings is 1. The molecule has 0 radical (unpaired) electrons. The van der Waals surface area contributed by atoms with Crippen LogP contribution in [-0.4, -0.2) is 69.9 Å². The molecule has 3 rings (SSSR count). The molecule has 0 aliphatic carbocycles. The van der Waals surface area contributed by atoms with Gasteiger partial charge in [-0.05, 0) is 56.6 Å². The lowest BCUT2D eigenvalue weighted by Crippen LogP contribution is -2.43. The topological polar surface area (TPSA) is 79.0 Å². The van der Waals surface area contributed by atoms with Crippen LogP contribution in [0.25, 0.3) is 0 Å². The predicted octanol–water partition coefficient (Wildman–Crippen LogP) is 1.34. The molecule has 1 aromatic carbocycles. The molecule has 0 aromatic heterocycles. The first kappa shape index (κ1) is 21.9. The van der Waals surface area contributed by atoms with Gasteiger partial charge < -0.3 is 15.0 Å². The molecular formula is C18H28ClN3O4S. The summed E-state index contributed by atoms with van der Waals surface area (Å²) in [5, 5.41) is 3.27. The maximum Gasteiger partial charge on any atom is 0.243 e. The lowest BCUT2D eigenvalue weighted by molar-refractivity contribution is -0.136. The Bertz CT molecular complexity index is 721. The number of hydrogen-bond acceptors (Lipinski definition) is 5. The molecule has 0 bridgehead atoms. The van der Waals surface area contributed by atoms with E-state index in [0.717, 1.165) is 25.9 Å². The van der Waals surface area contributed by atoms with Crippen molar-refractivity contribution < 1.29 is 17.9 Å². The zero-order valence-corrected chi connectivity index (χ0v) is 17.2. The average molecular weight is 418 g/mol. The van der Waals surface area contributed by atoms with Gasteiger partial charge in [-0.15, -0.1) is 12.4 Å². The van der Waals surface area contributed by atoms with Crippen molar-refractivity contribution in [2.75, 3.05) is 46.4 Å². The van der Waals surface area contributed by atoms with Crippen LogP contribution in [0.1, 0.15) is 19.3 Å². The first-order valence-electron chi connectivity index (χ1n) is 9.16. The van der Waals surface area contributed by atoms with Crippen molar-refractivity contribution in [2.45, 2.75) is 24.2 Å². The molecule has 1 amide bonds. The van der Waals surface area contributed by atoms with Crippen molar-refractivity contribution >= 4 is 28.3 Å². The number of methoxy groups -OCH3 is 1. The molecule has 9 heteroatoms. The van der Waals surface area contributed by atoms with Crippen LogP contribution in [-0.2, 0) is 14.8 Å². The third-order valence-corrected chi connectivity index (χ3v) is 7.07. The Morgan fingerprint density at radius 2 is 1.74 bits per heavy atom. The van der Waals surface area contributed by atoms with Crippen LogP contribution in [0.4, 0.5) is 0 Å². The van der Waals surface area contributed by atoms with E-state index in [4.69, 9.17) is 4.74 Å². The molecule has 152 valence electrons. The molecule has 2 heterocycles. The van der Waals surface area contributed by atoms with Crippen LogP contribution < -0.4 is 10.1 Å². The van der Waals surface area contributed by atoms with E-state index < -0.39 is 10.0 Å². The monoisotopic (exact) mass is 417 g/mol. The Labute approximate surface area is 167 Å². The second-order valence-electron chi connectivity index (χ2n) is 6.78. The minimum absolute atomic E-state index is 0. The summed E-state index contributed by atoms with van der Waals surface area (Å²) in [6.45, 7) is 3.61. The molecule has 0 saturated carbocycles. The summed E-state index contributed by atoms with van der Waals surface area (Å²) in [5.41, 5.74) is 0. The number of piperidine rings is 1. The minimum Gasteiger partial charge on any atom is -0.497 e. The number of carbonyl (C=O) groups is 1. The van der Waals surface area contributed by atoms with Crippen molar-refractivity contribution in [1.82, 2.24) is 14.5 Å². The van der Waals surface area contributed by atoms with Crippen LogP contribution in [0.15, 0.2) is 29.2 Å². The number of nitrogens with one attached hydrogen (secondary N) is 1. The largest absolute Gasteiger partial charge is 0.497 e. The fourth-order valence-corrected chi connectivity index (χ4v) is 5.05. The van der Waals surface area contributed by atoms with Crippen LogP contribution >= 0.6 is 12.4 Å². The third-order valence-electron chi connectivity index (χ3n) is 5.15. The van der Waals surface area contributed by atoms with Crippen LogP contribution in [0.2, 0.25) is 0 Å². The minimum atomic E-state index is -3.55. The van der Waals surface area contributed by atoms with Crippen molar-refractivity contribution in [3.63, 3.8) is 0 Å². The van der Waals surface area contributed by atoms with E-state index in [0.29, 0.717) is 38.3 Å². The summed E-state index contributed by atoms with van der Waals surface area (Å²) in [6.07, 6.45) is 2.39. The quantitative estimate of drug-likeness (QED) is 0.799. The van der Waals surface area contributed by atoms with Gasteiger partial charge in [-0.1, -0.05) is 0 Å². The Morgan fingerprint density at radius 1 is 1.07 bits per heavy atom. The van der Waals surface area contributed by atoms with Gasteiger partial charge in [0.05, 0.1) is 12.0 Å². The molecule has 0 spiro atoms. The van der Waals surface area contributed by atoms with Gasteiger partial charge in [0.25, 0.3) is 0 Å². The molecule has 2 aliphatic heterocycles. The van der Waals surface area contributed by atoms with Gasteiger partial charge in [0.15, 0.2) is 0 Å². The van der Waals surface area contributed by atoms with Crippen LogP contribution in [0.5, 0.6) is 5.75 Å². The molecule has 2 saturated heterocycles. The predicted molar refractivity (Wildman–Crippen MR) is 106 cm³/mol. The highest BCUT2D eigenvalue weighted by Crippen LogP contribution is 2.22. The van der Waals surface area contributed by atoms with Crippen molar-refractivity contribution in [3.05, 3.63) is 24.3 Å². The average Bonchev–Trinajstić information content (AvgIpc) is 2.95. The van der Waals surface area contributed by atoms with Gasteiger partial charge in [0, 0.05) is 32.1 Å². The van der Waals surface area contributed by atoms with E-state index in [2.05, 4.69) is 5.32 Å². The molecule has 2 fully saturated rings.